The van der Waals surface area contributed by atoms with Crippen LogP contribution in [0, 0.1) is 5.82 Å². The molecule has 3 aromatic carbocycles. The van der Waals surface area contributed by atoms with E-state index in [9.17, 15) is 17.6 Å². The van der Waals surface area contributed by atoms with Gasteiger partial charge in [-0.25, -0.2) is 12.8 Å². The molecule has 1 heterocycles. The van der Waals surface area contributed by atoms with Gasteiger partial charge in [0.1, 0.15) is 12.4 Å². The molecule has 30 heavy (non-hydrogen) atoms. The minimum atomic E-state index is -4.05. The molecule has 0 fully saturated rings. The Hall–Kier alpha value is -2.32. The molecule has 1 aliphatic heterocycles. The second-order valence-corrected chi connectivity index (χ2v) is 9.52. The van der Waals surface area contributed by atoms with Gasteiger partial charge in [0.25, 0.3) is 10.0 Å². The molecule has 1 N–H and O–H groups in total. The highest BCUT2D eigenvalue weighted by Crippen LogP contribution is 2.43. The molecule has 0 aliphatic carbocycles. The zero-order valence-electron chi connectivity index (χ0n) is 15.0. The summed E-state index contributed by atoms with van der Waals surface area (Å²) >= 11 is 17.9. The predicted molar refractivity (Wildman–Crippen MR) is 116 cm³/mol. The second kappa shape index (κ2) is 7.74. The van der Waals surface area contributed by atoms with Crippen molar-refractivity contribution in [2.24, 2.45) is 0 Å². The molecule has 1 aliphatic rings. The SMILES string of the molecule is O=C(CN1c2ccc(F)cc2-c2ccccc2S1(=O)=O)Nc1cc(Cl)c(Cl)cc1Cl. The summed E-state index contributed by atoms with van der Waals surface area (Å²) < 4.78 is 41.2. The summed E-state index contributed by atoms with van der Waals surface area (Å²) in [5, 5.41) is 3.07. The first-order valence-corrected chi connectivity index (χ1v) is 11.1. The van der Waals surface area contributed by atoms with E-state index in [2.05, 4.69) is 5.32 Å². The van der Waals surface area contributed by atoms with E-state index >= 15 is 0 Å². The van der Waals surface area contributed by atoms with Crippen LogP contribution < -0.4 is 9.62 Å². The summed E-state index contributed by atoms with van der Waals surface area (Å²) in [6.07, 6.45) is 0. The van der Waals surface area contributed by atoms with Crippen LogP contribution in [0.3, 0.4) is 0 Å². The van der Waals surface area contributed by atoms with Crippen molar-refractivity contribution in [1.82, 2.24) is 0 Å². The summed E-state index contributed by atoms with van der Waals surface area (Å²) in [5.74, 6) is -1.18. The third-order valence-electron chi connectivity index (χ3n) is 4.54. The maximum Gasteiger partial charge on any atom is 0.265 e. The fraction of sp³-hybridized carbons (Fsp3) is 0.0500. The third-order valence-corrected chi connectivity index (χ3v) is 7.40. The van der Waals surface area contributed by atoms with Gasteiger partial charge in [0, 0.05) is 11.1 Å². The van der Waals surface area contributed by atoms with Crippen LogP contribution in [-0.4, -0.2) is 20.9 Å². The lowest BCUT2D eigenvalue weighted by atomic mass is 10.0. The molecular formula is C20H12Cl3FN2O3S. The Morgan fingerprint density at radius 1 is 0.933 bits per heavy atom. The summed E-state index contributed by atoms with van der Waals surface area (Å²) in [5.41, 5.74) is 1.13. The number of carbonyl (C=O) groups is 1. The van der Waals surface area contributed by atoms with Crippen LogP contribution in [-0.2, 0) is 14.8 Å². The van der Waals surface area contributed by atoms with Crippen molar-refractivity contribution < 1.29 is 17.6 Å². The Kier molecular flexibility index (Phi) is 5.40. The van der Waals surface area contributed by atoms with Gasteiger partial charge in [-0.05, 0) is 36.4 Å². The number of nitrogens with one attached hydrogen (secondary N) is 1. The molecule has 0 unspecified atom stereocenters. The number of carbonyl (C=O) groups excluding carboxylic acids is 1. The number of halogens is 4. The third kappa shape index (κ3) is 3.63. The lowest BCUT2D eigenvalue weighted by molar-refractivity contribution is -0.114. The molecule has 0 radical (unpaired) electrons. The van der Waals surface area contributed by atoms with E-state index in [1.807, 2.05) is 0 Å². The number of amides is 1. The normalized spacial score (nSPS) is 14.1. The molecule has 0 bridgehead atoms. The minimum Gasteiger partial charge on any atom is -0.323 e. The van der Waals surface area contributed by atoms with Crippen LogP contribution in [0.25, 0.3) is 11.1 Å². The van der Waals surface area contributed by atoms with E-state index in [-0.39, 0.29) is 31.3 Å². The smallest absolute Gasteiger partial charge is 0.265 e. The molecule has 154 valence electrons. The van der Waals surface area contributed by atoms with Crippen molar-refractivity contribution >= 4 is 62.1 Å². The Morgan fingerprint density at radius 2 is 1.63 bits per heavy atom. The number of hydrogen-bond acceptors (Lipinski definition) is 3. The molecule has 3 aromatic rings. The van der Waals surface area contributed by atoms with Gasteiger partial charge in [-0.3, -0.25) is 9.10 Å². The number of anilines is 2. The van der Waals surface area contributed by atoms with E-state index in [4.69, 9.17) is 34.8 Å². The van der Waals surface area contributed by atoms with Crippen molar-refractivity contribution in [2.75, 3.05) is 16.2 Å². The van der Waals surface area contributed by atoms with Crippen LogP contribution in [0.2, 0.25) is 15.1 Å². The van der Waals surface area contributed by atoms with Gasteiger partial charge in [0.2, 0.25) is 5.91 Å². The van der Waals surface area contributed by atoms with Crippen LogP contribution in [0.5, 0.6) is 0 Å². The van der Waals surface area contributed by atoms with Crippen molar-refractivity contribution in [3.05, 3.63) is 75.5 Å². The fourth-order valence-electron chi connectivity index (χ4n) is 3.21. The van der Waals surface area contributed by atoms with E-state index in [1.54, 1.807) is 18.2 Å². The number of sulfonamides is 1. The highest BCUT2D eigenvalue weighted by atomic mass is 35.5. The van der Waals surface area contributed by atoms with Crippen LogP contribution in [0.4, 0.5) is 15.8 Å². The van der Waals surface area contributed by atoms with Crippen molar-refractivity contribution in [3.63, 3.8) is 0 Å². The summed E-state index contributed by atoms with van der Waals surface area (Å²) in [6, 6.07) is 12.7. The average molecular weight is 486 g/mol. The first kappa shape index (κ1) is 20.9. The lowest BCUT2D eigenvalue weighted by Crippen LogP contribution is -2.40. The minimum absolute atomic E-state index is 0.0107. The van der Waals surface area contributed by atoms with Gasteiger partial charge >= 0.3 is 0 Å². The molecule has 0 aromatic heterocycles. The Morgan fingerprint density at radius 3 is 2.40 bits per heavy atom. The van der Waals surface area contributed by atoms with Crippen molar-refractivity contribution in [1.29, 1.82) is 0 Å². The molecule has 0 atom stereocenters. The average Bonchev–Trinajstić information content (AvgIpc) is 2.69. The lowest BCUT2D eigenvalue weighted by Gasteiger charge is -2.31. The number of hydrogen-bond donors (Lipinski definition) is 1. The second-order valence-electron chi connectivity index (χ2n) is 6.46. The monoisotopic (exact) mass is 484 g/mol. The van der Waals surface area contributed by atoms with Gasteiger partial charge in [0.05, 0.1) is 31.3 Å². The highest BCUT2D eigenvalue weighted by molar-refractivity contribution is 7.93. The van der Waals surface area contributed by atoms with Crippen molar-refractivity contribution in [3.8, 4) is 11.1 Å². The van der Waals surface area contributed by atoms with E-state index < -0.39 is 28.3 Å². The number of nitrogens with zero attached hydrogens (tertiary/aromatic N) is 1. The summed E-state index contributed by atoms with van der Waals surface area (Å²) in [6.45, 7) is -0.550. The molecule has 0 saturated carbocycles. The molecule has 10 heteroatoms. The topological polar surface area (TPSA) is 66.5 Å². The quantitative estimate of drug-likeness (QED) is 0.491. The van der Waals surface area contributed by atoms with Gasteiger partial charge in [-0.1, -0.05) is 53.0 Å². The molecule has 4 rings (SSSR count). The van der Waals surface area contributed by atoms with E-state index in [0.29, 0.717) is 11.1 Å². The maximum atomic E-state index is 13.9. The first-order chi connectivity index (χ1) is 14.2. The van der Waals surface area contributed by atoms with E-state index in [0.717, 1.165) is 10.4 Å². The molecule has 1 amide bonds. The Balaban J connectivity index is 1.73. The molecule has 0 saturated heterocycles. The largest absolute Gasteiger partial charge is 0.323 e. The summed E-state index contributed by atoms with van der Waals surface area (Å²) in [4.78, 5) is 12.7. The molecule has 5 nitrogen and oxygen atoms in total. The van der Waals surface area contributed by atoms with Gasteiger partial charge in [-0.2, -0.15) is 0 Å². The van der Waals surface area contributed by atoms with Crippen LogP contribution in [0.1, 0.15) is 0 Å². The highest BCUT2D eigenvalue weighted by Gasteiger charge is 2.36. The first-order valence-electron chi connectivity index (χ1n) is 8.54. The van der Waals surface area contributed by atoms with Gasteiger partial charge < -0.3 is 5.32 Å². The van der Waals surface area contributed by atoms with Crippen LogP contribution >= 0.6 is 34.8 Å². The maximum absolute atomic E-state index is 13.9. The number of benzene rings is 3. The van der Waals surface area contributed by atoms with E-state index in [1.165, 1.54) is 30.3 Å². The molecular weight excluding hydrogens is 474 g/mol. The zero-order chi connectivity index (χ0) is 21.6. The Bertz CT molecular complexity index is 1300. The zero-order valence-corrected chi connectivity index (χ0v) is 18.1. The summed E-state index contributed by atoms with van der Waals surface area (Å²) in [7, 11) is -4.05. The number of rotatable bonds is 3. The van der Waals surface area contributed by atoms with Gasteiger partial charge in [-0.15, -0.1) is 0 Å². The standard InChI is InChI=1S/C20H12Cl3FN2O3S/c21-14-8-16(23)17(9-15(14)22)25-20(27)10-26-18-6-5-11(24)7-13(18)12-3-1-2-4-19(12)30(26,28)29/h1-9H,10H2,(H,25,27). The fourth-order valence-corrected chi connectivity index (χ4v) is 5.46. The predicted octanol–water partition coefficient (Wildman–Crippen LogP) is 5.60. The Labute approximate surface area is 187 Å². The van der Waals surface area contributed by atoms with Crippen LogP contribution in [0.15, 0.2) is 59.5 Å². The number of fused-ring (bicyclic) bond motifs is 3. The molecule has 0 spiro atoms. The van der Waals surface area contributed by atoms with Crippen molar-refractivity contribution in [2.45, 2.75) is 4.90 Å². The van der Waals surface area contributed by atoms with Gasteiger partial charge in [0.15, 0.2) is 0 Å².